The van der Waals surface area contributed by atoms with Gasteiger partial charge in [-0.1, -0.05) is 24.3 Å². The number of rotatable bonds is 3. The molecule has 1 aromatic heterocycles. The van der Waals surface area contributed by atoms with E-state index in [4.69, 9.17) is 4.74 Å². The molecule has 3 aromatic rings. The Kier molecular flexibility index (Phi) is 3.35. The van der Waals surface area contributed by atoms with Crippen LogP contribution in [0.5, 0.6) is 5.75 Å². The molecule has 0 aliphatic carbocycles. The number of hydrogen-bond acceptors (Lipinski definition) is 4. The minimum Gasteiger partial charge on any atom is -0.496 e. The van der Waals surface area contributed by atoms with Crippen LogP contribution in [0.2, 0.25) is 0 Å². The third-order valence-electron chi connectivity index (χ3n) is 3.29. The molecule has 1 heterocycles. The molecule has 21 heavy (non-hydrogen) atoms. The maximum atomic E-state index is 11.4. The van der Waals surface area contributed by atoms with Gasteiger partial charge < -0.3 is 9.84 Å². The zero-order chi connectivity index (χ0) is 15.0. The van der Waals surface area contributed by atoms with Crippen molar-refractivity contribution in [2.75, 3.05) is 7.11 Å². The van der Waals surface area contributed by atoms with Crippen LogP contribution in [0.4, 0.5) is 0 Å². The summed E-state index contributed by atoms with van der Waals surface area (Å²) in [6, 6.07) is 11.5. The lowest BCUT2D eigenvalue weighted by Crippen LogP contribution is -1.99. The van der Waals surface area contributed by atoms with Crippen LogP contribution in [0.15, 0.2) is 36.4 Å². The molecule has 1 N–H and O–H groups in total. The number of thiazole rings is 1. The number of carboxylic acids is 1. The maximum absolute atomic E-state index is 11.4. The molecule has 0 bridgehead atoms. The number of methoxy groups -OCH3 is 1. The third kappa shape index (κ3) is 2.25. The van der Waals surface area contributed by atoms with Crippen molar-refractivity contribution in [3.63, 3.8) is 0 Å². The largest absolute Gasteiger partial charge is 0.496 e. The van der Waals surface area contributed by atoms with E-state index in [-0.39, 0.29) is 5.69 Å². The molecule has 2 aromatic carbocycles. The number of ether oxygens (including phenoxy) is 1. The number of carbonyl (C=O) groups is 1. The van der Waals surface area contributed by atoms with Gasteiger partial charge in [0.2, 0.25) is 0 Å². The summed E-state index contributed by atoms with van der Waals surface area (Å²) >= 11 is 1.39. The van der Waals surface area contributed by atoms with Crippen LogP contribution in [0.3, 0.4) is 0 Å². The number of aromatic nitrogens is 1. The van der Waals surface area contributed by atoms with Crippen LogP contribution < -0.4 is 4.74 Å². The minimum absolute atomic E-state index is 0.104. The SMILES string of the molecule is COc1ccc(-c2sc(C)nc2C(=O)O)c2ccccc12. The van der Waals surface area contributed by atoms with E-state index in [0.29, 0.717) is 4.88 Å². The van der Waals surface area contributed by atoms with Crippen molar-refractivity contribution in [2.24, 2.45) is 0 Å². The summed E-state index contributed by atoms with van der Waals surface area (Å²) in [4.78, 5) is 16.2. The molecular formula is C16H13NO3S. The fourth-order valence-corrected chi connectivity index (χ4v) is 3.35. The fourth-order valence-electron chi connectivity index (χ4n) is 2.40. The van der Waals surface area contributed by atoms with E-state index in [1.165, 1.54) is 11.3 Å². The molecule has 0 saturated carbocycles. The van der Waals surface area contributed by atoms with Gasteiger partial charge in [-0.25, -0.2) is 9.78 Å². The van der Waals surface area contributed by atoms with Crippen LogP contribution in [0, 0.1) is 6.92 Å². The fraction of sp³-hybridized carbons (Fsp3) is 0.125. The molecule has 3 rings (SSSR count). The highest BCUT2D eigenvalue weighted by Gasteiger charge is 2.19. The highest BCUT2D eigenvalue weighted by atomic mass is 32.1. The second-order valence-corrected chi connectivity index (χ2v) is 5.78. The first-order chi connectivity index (χ1) is 10.1. The Bertz CT molecular complexity index is 839. The monoisotopic (exact) mass is 299 g/mol. The highest BCUT2D eigenvalue weighted by Crippen LogP contribution is 2.38. The molecule has 0 unspecified atom stereocenters. The Labute approximate surface area is 125 Å². The Hall–Kier alpha value is -2.40. The predicted octanol–water partition coefficient (Wildman–Crippen LogP) is 3.98. The quantitative estimate of drug-likeness (QED) is 0.794. The number of aryl methyl sites for hydroxylation is 1. The second-order valence-electron chi connectivity index (χ2n) is 4.58. The molecule has 5 heteroatoms. The number of fused-ring (bicyclic) bond motifs is 1. The average Bonchev–Trinajstić information content (AvgIpc) is 2.88. The van der Waals surface area contributed by atoms with Crippen molar-refractivity contribution in [2.45, 2.75) is 6.92 Å². The number of carboxylic acid groups (broad SMARTS) is 1. The van der Waals surface area contributed by atoms with Gasteiger partial charge in [0.05, 0.1) is 17.0 Å². The van der Waals surface area contributed by atoms with Gasteiger partial charge in [0.15, 0.2) is 5.69 Å². The van der Waals surface area contributed by atoms with Crippen molar-refractivity contribution in [3.8, 4) is 16.2 Å². The summed E-state index contributed by atoms with van der Waals surface area (Å²) in [7, 11) is 1.63. The molecule has 0 spiro atoms. The standard InChI is InChI=1S/C16H13NO3S/c1-9-17-14(16(18)19)15(21-9)12-7-8-13(20-2)11-6-4-3-5-10(11)12/h3-8H,1-2H3,(H,18,19). The molecule has 0 amide bonds. The van der Waals surface area contributed by atoms with Gasteiger partial charge in [-0.05, 0) is 24.4 Å². The summed E-state index contributed by atoms with van der Waals surface area (Å²) in [6.45, 7) is 1.81. The molecular weight excluding hydrogens is 286 g/mol. The van der Waals surface area contributed by atoms with Crippen molar-refractivity contribution in [3.05, 3.63) is 47.1 Å². The summed E-state index contributed by atoms with van der Waals surface area (Å²) in [5.41, 5.74) is 0.974. The molecule has 0 aliphatic heterocycles. The van der Waals surface area contributed by atoms with Crippen LogP contribution >= 0.6 is 11.3 Å². The van der Waals surface area contributed by atoms with E-state index in [9.17, 15) is 9.90 Å². The summed E-state index contributed by atoms with van der Waals surface area (Å²) < 4.78 is 5.37. The number of aromatic carboxylic acids is 1. The zero-order valence-electron chi connectivity index (χ0n) is 11.6. The topological polar surface area (TPSA) is 59.4 Å². The zero-order valence-corrected chi connectivity index (χ0v) is 12.4. The van der Waals surface area contributed by atoms with Gasteiger partial charge in [0, 0.05) is 10.9 Å². The van der Waals surface area contributed by atoms with Gasteiger partial charge in [-0.2, -0.15) is 0 Å². The number of benzene rings is 2. The Morgan fingerprint density at radius 2 is 1.90 bits per heavy atom. The molecule has 0 fully saturated rings. The summed E-state index contributed by atoms with van der Waals surface area (Å²) in [5, 5.41) is 12.0. The second kappa shape index (κ2) is 5.18. The minimum atomic E-state index is -1.01. The maximum Gasteiger partial charge on any atom is 0.356 e. The van der Waals surface area contributed by atoms with Crippen molar-refractivity contribution in [1.82, 2.24) is 4.98 Å². The van der Waals surface area contributed by atoms with Crippen LogP contribution in [0.25, 0.3) is 21.2 Å². The van der Waals surface area contributed by atoms with Gasteiger partial charge in [0.25, 0.3) is 0 Å². The molecule has 0 atom stereocenters. The summed E-state index contributed by atoms with van der Waals surface area (Å²) in [6.07, 6.45) is 0. The van der Waals surface area contributed by atoms with E-state index in [1.54, 1.807) is 7.11 Å². The molecule has 4 nitrogen and oxygen atoms in total. The average molecular weight is 299 g/mol. The predicted molar refractivity (Wildman–Crippen MR) is 83.3 cm³/mol. The van der Waals surface area contributed by atoms with Crippen molar-refractivity contribution >= 4 is 28.1 Å². The molecule has 0 saturated heterocycles. The summed E-state index contributed by atoms with van der Waals surface area (Å²) in [5.74, 6) is -0.235. The van der Waals surface area contributed by atoms with Gasteiger partial charge in [-0.3, -0.25) is 0 Å². The molecule has 106 valence electrons. The first-order valence-electron chi connectivity index (χ1n) is 6.38. The normalized spacial score (nSPS) is 10.8. The Morgan fingerprint density at radius 3 is 2.57 bits per heavy atom. The highest BCUT2D eigenvalue weighted by molar-refractivity contribution is 7.15. The Morgan fingerprint density at radius 1 is 1.19 bits per heavy atom. The number of hydrogen-bond donors (Lipinski definition) is 1. The lowest BCUT2D eigenvalue weighted by Gasteiger charge is -2.09. The Balaban J connectivity index is 2.34. The van der Waals surface area contributed by atoms with Crippen molar-refractivity contribution in [1.29, 1.82) is 0 Å². The van der Waals surface area contributed by atoms with E-state index in [1.807, 2.05) is 43.3 Å². The van der Waals surface area contributed by atoms with E-state index in [2.05, 4.69) is 4.98 Å². The van der Waals surface area contributed by atoms with Crippen molar-refractivity contribution < 1.29 is 14.6 Å². The molecule has 0 radical (unpaired) electrons. The van der Waals surface area contributed by atoms with Crippen LogP contribution in [-0.2, 0) is 0 Å². The first-order valence-corrected chi connectivity index (χ1v) is 7.20. The van der Waals surface area contributed by atoms with Gasteiger partial charge in [-0.15, -0.1) is 11.3 Å². The van der Waals surface area contributed by atoms with Gasteiger partial charge in [0.1, 0.15) is 5.75 Å². The number of nitrogens with zero attached hydrogens (tertiary/aromatic N) is 1. The van der Waals surface area contributed by atoms with E-state index >= 15 is 0 Å². The van der Waals surface area contributed by atoms with Crippen LogP contribution in [0.1, 0.15) is 15.5 Å². The lowest BCUT2D eigenvalue weighted by atomic mass is 10.0. The molecule has 0 aliphatic rings. The van der Waals surface area contributed by atoms with E-state index in [0.717, 1.165) is 27.1 Å². The lowest BCUT2D eigenvalue weighted by molar-refractivity contribution is 0.0692. The van der Waals surface area contributed by atoms with Gasteiger partial charge >= 0.3 is 5.97 Å². The third-order valence-corrected chi connectivity index (χ3v) is 4.29. The van der Waals surface area contributed by atoms with Crippen LogP contribution in [-0.4, -0.2) is 23.2 Å². The van der Waals surface area contributed by atoms with E-state index < -0.39 is 5.97 Å². The first kappa shape index (κ1) is 13.6. The smallest absolute Gasteiger partial charge is 0.356 e.